The van der Waals surface area contributed by atoms with Crippen LogP contribution in [-0.2, 0) is 19.5 Å². The Morgan fingerprint density at radius 1 is 1.04 bits per heavy atom. The zero-order valence-electron chi connectivity index (χ0n) is 15.6. The van der Waals surface area contributed by atoms with E-state index in [0.717, 1.165) is 75.7 Å². The first-order chi connectivity index (χ1) is 13.1. The van der Waals surface area contributed by atoms with E-state index in [2.05, 4.69) is 15.9 Å². The largest absolute Gasteiger partial charge is 0.493 e. The van der Waals surface area contributed by atoms with Crippen molar-refractivity contribution in [3.8, 4) is 5.88 Å². The summed E-state index contributed by atoms with van der Waals surface area (Å²) in [6.07, 6.45) is 3.74. The number of hydrogen-bond acceptors (Lipinski definition) is 4. The number of imidazole rings is 1. The minimum Gasteiger partial charge on any atom is -0.493 e. The number of nitrogens with zero attached hydrogens (tertiary/aromatic N) is 4. The van der Waals surface area contributed by atoms with Crippen molar-refractivity contribution in [2.24, 2.45) is 0 Å². The molecule has 2 aliphatic rings. The lowest BCUT2D eigenvalue weighted by molar-refractivity contribution is 0.248. The van der Waals surface area contributed by atoms with Gasteiger partial charge in [-0.25, -0.2) is 4.79 Å². The van der Waals surface area contributed by atoms with E-state index in [1.165, 1.54) is 5.69 Å². The lowest BCUT2D eigenvalue weighted by Gasteiger charge is -2.36. The minimum absolute atomic E-state index is 0.0482. The molecule has 146 valence electrons. The zero-order chi connectivity index (χ0) is 18.8. The maximum Gasteiger partial charge on any atom is 0.331 e. The molecule has 4 rings (SSSR count). The van der Waals surface area contributed by atoms with Gasteiger partial charge in [-0.1, -0.05) is 17.7 Å². The van der Waals surface area contributed by atoms with Crippen LogP contribution in [0.5, 0.6) is 5.88 Å². The first-order valence-electron chi connectivity index (χ1n) is 9.87. The summed E-state index contributed by atoms with van der Waals surface area (Å²) >= 11 is 6.10. The Hall–Kier alpha value is -1.92. The molecule has 1 saturated heterocycles. The fraction of sp³-hybridized carbons (Fsp3) is 0.550. The number of rotatable bonds is 5. The van der Waals surface area contributed by atoms with Gasteiger partial charge in [-0.3, -0.25) is 14.0 Å². The van der Waals surface area contributed by atoms with Gasteiger partial charge in [0.15, 0.2) is 0 Å². The molecule has 1 N–H and O–H groups in total. The molecular formula is C20H27ClN4O2. The standard InChI is InChI=1S/C20H27ClN4O2/c21-16-5-3-6-17(15-16)23-13-11-22(12-14-23)8-4-10-25-19(26)18-7-1-2-9-24(18)20(25)27/h3,5-6,15,26H,1-2,4,7-14H2. The van der Waals surface area contributed by atoms with Gasteiger partial charge in [-0.05, 0) is 50.4 Å². The van der Waals surface area contributed by atoms with Crippen LogP contribution in [0.1, 0.15) is 25.0 Å². The molecule has 1 aromatic heterocycles. The number of benzene rings is 1. The molecule has 0 spiro atoms. The van der Waals surface area contributed by atoms with E-state index in [0.29, 0.717) is 6.54 Å². The van der Waals surface area contributed by atoms with Gasteiger partial charge in [-0.2, -0.15) is 0 Å². The van der Waals surface area contributed by atoms with Crippen LogP contribution < -0.4 is 10.6 Å². The Morgan fingerprint density at radius 3 is 2.59 bits per heavy atom. The Bertz CT molecular complexity index is 852. The van der Waals surface area contributed by atoms with Gasteiger partial charge in [0.1, 0.15) is 0 Å². The first-order valence-corrected chi connectivity index (χ1v) is 10.3. The number of piperazine rings is 1. The molecule has 1 fully saturated rings. The molecule has 6 nitrogen and oxygen atoms in total. The minimum atomic E-state index is -0.0482. The monoisotopic (exact) mass is 390 g/mol. The van der Waals surface area contributed by atoms with Crippen molar-refractivity contribution < 1.29 is 5.11 Å². The van der Waals surface area contributed by atoms with Crippen LogP contribution in [-0.4, -0.2) is 51.9 Å². The molecule has 2 aromatic rings. The Morgan fingerprint density at radius 2 is 1.85 bits per heavy atom. The maximum absolute atomic E-state index is 12.5. The molecule has 0 amide bonds. The molecule has 27 heavy (non-hydrogen) atoms. The maximum atomic E-state index is 12.5. The predicted molar refractivity (Wildman–Crippen MR) is 108 cm³/mol. The van der Waals surface area contributed by atoms with Crippen LogP contribution >= 0.6 is 11.6 Å². The number of aromatic hydroxyl groups is 1. The second-order valence-corrected chi connectivity index (χ2v) is 7.91. The van der Waals surface area contributed by atoms with Crippen molar-refractivity contribution in [2.75, 3.05) is 37.6 Å². The normalized spacial score (nSPS) is 17.9. The van der Waals surface area contributed by atoms with Crippen LogP contribution in [0.15, 0.2) is 29.1 Å². The summed E-state index contributed by atoms with van der Waals surface area (Å²) < 4.78 is 3.31. The number of hydrogen-bond donors (Lipinski definition) is 1. The molecule has 0 unspecified atom stereocenters. The molecule has 2 aliphatic heterocycles. The molecule has 0 radical (unpaired) electrons. The summed E-state index contributed by atoms with van der Waals surface area (Å²) in [5.74, 6) is 0.186. The fourth-order valence-electron chi connectivity index (χ4n) is 4.22. The Labute approximate surface area is 164 Å². The second kappa shape index (κ2) is 7.98. The third kappa shape index (κ3) is 3.87. The van der Waals surface area contributed by atoms with Crippen molar-refractivity contribution in [3.63, 3.8) is 0 Å². The van der Waals surface area contributed by atoms with E-state index < -0.39 is 0 Å². The summed E-state index contributed by atoms with van der Waals surface area (Å²) in [4.78, 5) is 17.3. The van der Waals surface area contributed by atoms with E-state index in [-0.39, 0.29) is 11.6 Å². The average Bonchev–Trinajstić information content (AvgIpc) is 2.94. The van der Waals surface area contributed by atoms with Crippen LogP contribution in [0.4, 0.5) is 5.69 Å². The first kappa shape index (κ1) is 18.4. The van der Waals surface area contributed by atoms with Crippen molar-refractivity contribution in [1.82, 2.24) is 14.0 Å². The van der Waals surface area contributed by atoms with Crippen LogP contribution in [0.25, 0.3) is 0 Å². The van der Waals surface area contributed by atoms with Gasteiger partial charge in [-0.15, -0.1) is 0 Å². The van der Waals surface area contributed by atoms with Crippen molar-refractivity contribution in [3.05, 3.63) is 45.5 Å². The third-order valence-electron chi connectivity index (χ3n) is 5.75. The third-order valence-corrected chi connectivity index (χ3v) is 5.98. The fourth-order valence-corrected chi connectivity index (χ4v) is 4.41. The molecule has 0 atom stereocenters. The number of halogens is 1. The smallest absolute Gasteiger partial charge is 0.331 e. The summed E-state index contributed by atoms with van der Waals surface area (Å²) in [7, 11) is 0. The molecule has 1 aromatic carbocycles. The summed E-state index contributed by atoms with van der Waals surface area (Å²) in [6, 6.07) is 8.01. The van der Waals surface area contributed by atoms with E-state index in [1.54, 1.807) is 9.13 Å². The molecule has 0 bridgehead atoms. The number of anilines is 1. The molecular weight excluding hydrogens is 364 g/mol. The Kier molecular flexibility index (Phi) is 5.45. The van der Waals surface area contributed by atoms with Crippen LogP contribution in [0, 0.1) is 0 Å². The lowest BCUT2D eigenvalue weighted by Crippen LogP contribution is -2.46. The highest BCUT2D eigenvalue weighted by atomic mass is 35.5. The van der Waals surface area contributed by atoms with Crippen molar-refractivity contribution in [1.29, 1.82) is 0 Å². The van der Waals surface area contributed by atoms with Gasteiger partial charge >= 0.3 is 5.69 Å². The second-order valence-electron chi connectivity index (χ2n) is 7.48. The summed E-state index contributed by atoms with van der Waals surface area (Å²) in [5.41, 5.74) is 1.95. The van der Waals surface area contributed by atoms with Crippen LogP contribution in [0.2, 0.25) is 5.02 Å². The van der Waals surface area contributed by atoms with Crippen molar-refractivity contribution >= 4 is 17.3 Å². The van der Waals surface area contributed by atoms with E-state index in [4.69, 9.17) is 11.6 Å². The average molecular weight is 391 g/mol. The summed E-state index contributed by atoms with van der Waals surface area (Å²) in [6.45, 7) is 6.21. The molecule has 7 heteroatoms. The topological polar surface area (TPSA) is 53.6 Å². The van der Waals surface area contributed by atoms with Gasteiger partial charge in [0.05, 0.1) is 5.69 Å². The number of fused-ring (bicyclic) bond motifs is 1. The zero-order valence-corrected chi connectivity index (χ0v) is 16.4. The van der Waals surface area contributed by atoms with Crippen LogP contribution in [0.3, 0.4) is 0 Å². The summed E-state index contributed by atoms with van der Waals surface area (Å²) in [5, 5.41) is 11.2. The predicted octanol–water partition coefficient (Wildman–Crippen LogP) is 2.56. The number of aromatic nitrogens is 2. The van der Waals surface area contributed by atoms with Gasteiger partial charge in [0, 0.05) is 50.0 Å². The lowest BCUT2D eigenvalue weighted by atomic mass is 10.1. The quantitative estimate of drug-likeness (QED) is 0.852. The van der Waals surface area contributed by atoms with E-state index in [1.807, 2.05) is 18.2 Å². The van der Waals surface area contributed by atoms with Crippen molar-refractivity contribution in [2.45, 2.75) is 38.8 Å². The highest BCUT2D eigenvalue weighted by molar-refractivity contribution is 6.30. The van der Waals surface area contributed by atoms with E-state index in [9.17, 15) is 9.90 Å². The molecule has 0 aliphatic carbocycles. The van der Waals surface area contributed by atoms with E-state index >= 15 is 0 Å². The molecule has 3 heterocycles. The van der Waals surface area contributed by atoms with Gasteiger partial charge in [0.2, 0.25) is 5.88 Å². The highest BCUT2D eigenvalue weighted by Crippen LogP contribution is 2.23. The van der Waals surface area contributed by atoms with Gasteiger partial charge < -0.3 is 10.0 Å². The molecule has 0 saturated carbocycles. The van der Waals surface area contributed by atoms with Gasteiger partial charge in [0.25, 0.3) is 0 Å². The Balaban J connectivity index is 1.29. The highest BCUT2D eigenvalue weighted by Gasteiger charge is 2.22. The SMILES string of the molecule is O=c1n(CCCN2CCN(c3cccc(Cl)c3)CC2)c(O)c2n1CCCC2.